The third kappa shape index (κ3) is 1.87. The number of rotatable bonds is 1. The van der Waals surface area contributed by atoms with Crippen molar-refractivity contribution in [1.29, 1.82) is 0 Å². The second kappa shape index (κ2) is 3.66. The number of hydrogen-bond acceptors (Lipinski definition) is 4. The third-order valence-electron chi connectivity index (χ3n) is 2.91. The van der Waals surface area contributed by atoms with Gasteiger partial charge in [0.1, 0.15) is 0 Å². The Morgan fingerprint density at radius 1 is 1.53 bits per heavy atom. The summed E-state index contributed by atoms with van der Waals surface area (Å²) in [4.78, 5) is 20.7. The molecule has 0 unspecified atom stereocenters. The van der Waals surface area contributed by atoms with Gasteiger partial charge in [0, 0.05) is 30.4 Å². The summed E-state index contributed by atoms with van der Waals surface area (Å²) in [7, 11) is 0. The smallest absolute Gasteiger partial charge is 0.255 e. The Morgan fingerprint density at radius 3 is 2.80 bits per heavy atom. The monoisotopic (exact) mass is 208 g/mol. The maximum absolute atomic E-state index is 11.5. The van der Waals surface area contributed by atoms with Gasteiger partial charge in [0.05, 0.1) is 0 Å². The van der Waals surface area contributed by atoms with Crippen LogP contribution in [0, 0.1) is 13.8 Å². The van der Waals surface area contributed by atoms with Crippen LogP contribution in [0.4, 0.5) is 5.95 Å². The number of H-pyrrole nitrogens is 1. The zero-order chi connectivity index (χ0) is 11.0. The Hall–Kier alpha value is -1.36. The molecular formula is C10H16N4O. The SMILES string of the molecule is Cc1nc(N2CC[C@@H](N)C2)[nH]c(=O)c1C. The van der Waals surface area contributed by atoms with Crippen LogP contribution >= 0.6 is 0 Å². The van der Waals surface area contributed by atoms with Crippen LogP contribution in [0.25, 0.3) is 0 Å². The van der Waals surface area contributed by atoms with Crippen molar-refractivity contribution >= 4 is 5.95 Å². The van der Waals surface area contributed by atoms with Gasteiger partial charge in [-0.05, 0) is 20.3 Å². The standard InChI is InChI=1S/C10H16N4O/c1-6-7(2)12-10(13-9(6)15)14-4-3-8(11)5-14/h8H,3-5,11H2,1-2H3,(H,12,13,15)/t8-/m1/s1. The van der Waals surface area contributed by atoms with Gasteiger partial charge in [0.25, 0.3) is 5.56 Å². The van der Waals surface area contributed by atoms with E-state index in [-0.39, 0.29) is 11.6 Å². The molecule has 0 aromatic carbocycles. The van der Waals surface area contributed by atoms with E-state index in [0.717, 1.165) is 25.2 Å². The average Bonchev–Trinajstić information content (AvgIpc) is 2.60. The van der Waals surface area contributed by atoms with Crippen molar-refractivity contribution in [3.63, 3.8) is 0 Å². The first-order chi connectivity index (χ1) is 7.08. The Balaban J connectivity index is 2.34. The highest BCUT2D eigenvalue weighted by atomic mass is 16.1. The zero-order valence-corrected chi connectivity index (χ0v) is 9.08. The third-order valence-corrected chi connectivity index (χ3v) is 2.91. The molecule has 0 spiro atoms. The molecule has 0 bridgehead atoms. The van der Waals surface area contributed by atoms with Crippen LogP contribution in [-0.4, -0.2) is 29.1 Å². The largest absolute Gasteiger partial charge is 0.341 e. The van der Waals surface area contributed by atoms with Gasteiger partial charge in [-0.3, -0.25) is 9.78 Å². The maximum atomic E-state index is 11.5. The van der Waals surface area contributed by atoms with Crippen LogP contribution in [0.15, 0.2) is 4.79 Å². The first-order valence-corrected chi connectivity index (χ1v) is 5.16. The number of aromatic amines is 1. The van der Waals surface area contributed by atoms with Crippen molar-refractivity contribution in [2.45, 2.75) is 26.3 Å². The van der Waals surface area contributed by atoms with Gasteiger partial charge in [-0.1, -0.05) is 0 Å². The van der Waals surface area contributed by atoms with Crippen LogP contribution in [-0.2, 0) is 0 Å². The first-order valence-electron chi connectivity index (χ1n) is 5.16. The van der Waals surface area contributed by atoms with E-state index in [0.29, 0.717) is 11.5 Å². The summed E-state index contributed by atoms with van der Waals surface area (Å²) in [5, 5.41) is 0. The molecule has 0 aliphatic carbocycles. The maximum Gasteiger partial charge on any atom is 0.255 e. The fraction of sp³-hybridized carbons (Fsp3) is 0.600. The lowest BCUT2D eigenvalue weighted by atomic mass is 10.3. The predicted molar refractivity (Wildman–Crippen MR) is 59.1 cm³/mol. The number of hydrogen-bond donors (Lipinski definition) is 2. The van der Waals surface area contributed by atoms with Crippen LogP contribution in [0.5, 0.6) is 0 Å². The second-order valence-electron chi connectivity index (χ2n) is 4.09. The van der Waals surface area contributed by atoms with Crippen LogP contribution < -0.4 is 16.2 Å². The molecule has 15 heavy (non-hydrogen) atoms. The summed E-state index contributed by atoms with van der Waals surface area (Å²) in [6.07, 6.45) is 0.955. The summed E-state index contributed by atoms with van der Waals surface area (Å²) in [5.41, 5.74) is 7.22. The second-order valence-corrected chi connectivity index (χ2v) is 4.09. The Labute approximate surface area is 88.3 Å². The molecule has 0 radical (unpaired) electrons. The molecule has 1 aliphatic heterocycles. The molecule has 82 valence electrons. The van der Waals surface area contributed by atoms with Crippen LogP contribution in [0.3, 0.4) is 0 Å². The molecule has 5 heteroatoms. The Bertz CT molecular complexity index is 426. The molecule has 0 saturated carbocycles. The van der Waals surface area contributed by atoms with E-state index in [9.17, 15) is 4.79 Å². The van der Waals surface area contributed by atoms with Gasteiger partial charge in [-0.15, -0.1) is 0 Å². The highest BCUT2D eigenvalue weighted by Gasteiger charge is 2.21. The normalized spacial score (nSPS) is 21.0. The first kappa shape index (κ1) is 10.2. The molecule has 1 aromatic heterocycles. The summed E-state index contributed by atoms with van der Waals surface area (Å²) in [6.45, 7) is 5.27. The topological polar surface area (TPSA) is 75.0 Å². The van der Waals surface area contributed by atoms with Gasteiger partial charge in [0.15, 0.2) is 0 Å². The van der Waals surface area contributed by atoms with Crippen molar-refractivity contribution in [2.75, 3.05) is 18.0 Å². The quantitative estimate of drug-likeness (QED) is 0.677. The highest BCUT2D eigenvalue weighted by Crippen LogP contribution is 2.14. The minimum Gasteiger partial charge on any atom is -0.341 e. The van der Waals surface area contributed by atoms with E-state index in [1.165, 1.54) is 0 Å². The number of aromatic nitrogens is 2. The summed E-state index contributed by atoms with van der Waals surface area (Å²) in [6, 6.07) is 0.192. The number of anilines is 1. The van der Waals surface area contributed by atoms with Crippen molar-refractivity contribution < 1.29 is 0 Å². The number of nitrogens with two attached hydrogens (primary N) is 1. The Morgan fingerprint density at radius 2 is 2.27 bits per heavy atom. The van der Waals surface area contributed by atoms with Gasteiger partial charge < -0.3 is 10.6 Å². The van der Waals surface area contributed by atoms with E-state index >= 15 is 0 Å². The van der Waals surface area contributed by atoms with E-state index in [4.69, 9.17) is 5.73 Å². The number of nitrogens with one attached hydrogen (secondary N) is 1. The van der Waals surface area contributed by atoms with Gasteiger partial charge in [-0.2, -0.15) is 0 Å². The van der Waals surface area contributed by atoms with Crippen molar-refractivity contribution in [3.8, 4) is 0 Å². The predicted octanol–water partition coefficient (Wildman–Crippen LogP) is -0.0759. The minimum absolute atomic E-state index is 0.0574. The molecule has 1 atom stereocenters. The van der Waals surface area contributed by atoms with Gasteiger partial charge >= 0.3 is 0 Å². The van der Waals surface area contributed by atoms with Crippen LogP contribution in [0.2, 0.25) is 0 Å². The fourth-order valence-corrected chi connectivity index (χ4v) is 1.76. The van der Waals surface area contributed by atoms with E-state index in [1.807, 2.05) is 11.8 Å². The molecule has 2 rings (SSSR count). The van der Waals surface area contributed by atoms with Crippen molar-refractivity contribution in [1.82, 2.24) is 9.97 Å². The molecule has 2 heterocycles. The molecule has 1 aromatic rings. The van der Waals surface area contributed by atoms with Gasteiger partial charge in [0.2, 0.25) is 5.95 Å². The Kier molecular flexibility index (Phi) is 2.48. The van der Waals surface area contributed by atoms with Gasteiger partial charge in [-0.25, -0.2) is 4.98 Å². The lowest BCUT2D eigenvalue weighted by molar-refractivity contribution is 0.749. The summed E-state index contributed by atoms with van der Waals surface area (Å²) < 4.78 is 0. The highest BCUT2D eigenvalue weighted by molar-refractivity contribution is 5.34. The number of aryl methyl sites for hydroxylation is 1. The lowest BCUT2D eigenvalue weighted by Crippen LogP contribution is -2.29. The van der Waals surface area contributed by atoms with E-state index in [1.54, 1.807) is 6.92 Å². The molecule has 1 saturated heterocycles. The molecule has 1 fully saturated rings. The molecular weight excluding hydrogens is 192 g/mol. The van der Waals surface area contributed by atoms with E-state index < -0.39 is 0 Å². The summed E-state index contributed by atoms with van der Waals surface area (Å²) >= 11 is 0. The number of nitrogens with zero attached hydrogens (tertiary/aromatic N) is 2. The average molecular weight is 208 g/mol. The minimum atomic E-state index is -0.0574. The lowest BCUT2D eigenvalue weighted by Gasteiger charge is -2.16. The van der Waals surface area contributed by atoms with Crippen molar-refractivity contribution in [3.05, 3.63) is 21.6 Å². The summed E-state index contributed by atoms with van der Waals surface area (Å²) in [5.74, 6) is 0.649. The molecule has 5 nitrogen and oxygen atoms in total. The van der Waals surface area contributed by atoms with E-state index in [2.05, 4.69) is 9.97 Å². The molecule has 3 N–H and O–H groups in total. The van der Waals surface area contributed by atoms with Crippen LogP contribution in [0.1, 0.15) is 17.7 Å². The zero-order valence-electron chi connectivity index (χ0n) is 9.08. The fourth-order valence-electron chi connectivity index (χ4n) is 1.76. The van der Waals surface area contributed by atoms with Crippen molar-refractivity contribution in [2.24, 2.45) is 5.73 Å². The molecule has 1 aliphatic rings. The molecule has 0 amide bonds.